The van der Waals surface area contributed by atoms with Crippen molar-refractivity contribution in [2.75, 3.05) is 48.4 Å². The molecular weight excluding hydrogens is 364 g/mol. The number of hydrogen-bond donors (Lipinski definition) is 1. The molecule has 0 bridgehead atoms. The second kappa shape index (κ2) is 8.65. The van der Waals surface area contributed by atoms with Gasteiger partial charge in [0, 0.05) is 31.9 Å². The standard InChI is InChI=1S/C23H24N4O2/c1-29-21-10-6-5-9-20(21)23(28)25-18-11-12-22(24-17-18)27-15-13-26(14-16-27)19-7-3-2-4-8-19/h2-12,17H,13-16H2,1H3,(H,25,28). The van der Waals surface area contributed by atoms with Crippen molar-refractivity contribution in [3.05, 3.63) is 78.5 Å². The molecule has 6 heteroatoms. The van der Waals surface area contributed by atoms with Gasteiger partial charge in [0.15, 0.2) is 0 Å². The van der Waals surface area contributed by atoms with Gasteiger partial charge < -0.3 is 19.9 Å². The molecule has 1 saturated heterocycles. The zero-order chi connectivity index (χ0) is 20.1. The third-order valence-electron chi connectivity index (χ3n) is 5.08. The van der Waals surface area contributed by atoms with Crippen LogP contribution in [0.25, 0.3) is 0 Å². The van der Waals surface area contributed by atoms with Crippen molar-refractivity contribution in [3.63, 3.8) is 0 Å². The van der Waals surface area contributed by atoms with E-state index in [0.29, 0.717) is 17.0 Å². The molecule has 0 unspecified atom stereocenters. The lowest BCUT2D eigenvalue weighted by molar-refractivity contribution is 0.102. The Hall–Kier alpha value is -3.54. The first-order chi connectivity index (χ1) is 14.2. The molecule has 2 heterocycles. The molecule has 0 saturated carbocycles. The smallest absolute Gasteiger partial charge is 0.259 e. The van der Waals surface area contributed by atoms with Crippen LogP contribution in [0.2, 0.25) is 0 Å². The van der Waals surface area contributed by atoms with E-state index in [-0.39, 0.29) is 5.91 Å². The van der Waals surface area contributed by atoms with E-state index in [4.69, 9.17) is 4.74 Å². The second-order valence-corrected chi connectivity index (χ2v) is 6.87. The maximum absolute atomic E-state index is 12.5. The van der Waals surface area contributed by atoms with Crippen LogP contribution in [-0.4, -0.2) is 44.2 Å². The quantitative estimate of drug-likeness (QED) is 0.723. The Labute approximate surface area is 170 Å². The number of benzene rings is 2. The molecule has 0 atom stereocenters. The molecular formula is C23H24N4O2. The summed E-state index contributed by atoms with van der Waals surface area (Å²) in [6, 6.07) is 21.5. The molecule has 0 aliphatic carbocycles. The lowest BCUT2D eigenvalue weighted by atomic mass is 10.2. The van der Waals surface area contributed by atoms with E-state index in [9.17, 15) is 4.79 Å². The van der Waals surface area contributed by atoms with Crippen LogP contribution in [0.5, 0.6) is 5.75 Å². The first-order valence-electron chi connectivity index (χ1n) is 9.70. The van der Waals surface area contributed by atoms with Crippen LogP contribution < -0.4 is 19.9 Å². The molecule has 0 radical (unpaired) electrons. The summed E-state index contributed by atoms with van der Waals surface area (Å²) < 4.78 is 5.26. The van der Waals surface area contributed by atoms with E-state index in [1.807, 2.05) is 30.3 Å². The van der Waals surface area contributed by atoms with Crippen LogP contribution in [0, 0.1) is 0 Å². The van der Waals surface area contributed by atoms with Gasteiger partial charge in [-0.1, -0.05) is 30.3 Å². The maximum atomic E-state index is 12.5. The SMILES string of the molecule is COc1ccccc1C(=O)Nc1ccc(N2CCN(c3ccccc3)CC2)nc1. The first-order valence-corrected chi connectivity index (χ1v) is 9.70. The summed E-state index contributed by atoms with van der Waals surface area (Å²) in [6.07, 6.45) is 1.70. The van der Waals surface area contributed by atoms with Gasteiger partial charge in [-0.2, -0.15) is 0 Å². The Bertz CT molecular complexity index is 952. The number of anilines is 3. The van der Waals surface area contributed by atoms with Crippen molar-refractivity contribution in [2.45, 2.75) is 0 Å². The molecule has 6 nitrogen and oxygen atoms in total. The third-order valence-corrected chi connectivity index (χ3v) is 5.08. The molecule has 0 spiro atoms. The fourth-order valence-corrected chi connectivity index (χ4v) is 3.51. The predicted molar refractivity (Wildman–Crippen MR) is 116 cm³/mol. The number of piperazine rings is 1. The molecule has 1 fully saturated rings. The number of rotatable bonds is 5. The van der Waals surface area contributed by atoms with Gasteiger partial charge in [0.25, 0.3) is 5.91 Å². The van der Waals surface area contributed by atoms with Crippen LogP contribution >= 0.6 is 0 Å². The van der Waals surface area contributed by atoms with Crippen molar-refractivity contribution >= 4 is 23.1 Å². The van der Waals surface area contributed by atoms with E-state index >= 15 is 0 Å². The summed E-state index contributed by atoms with van der Waals surface area (Å²) in [5.74, 6) is 1.26. The minimum Gasteiger partial charge on any atom is -0.496 e. The highest BCUT2D eigenvalue weighted by atomic mass is 16.5. The number of carbonyl (C=O) groups excluding carboxylic acids is 1. The van der Waals surface area contributed by atoms with Crippen LogP contribution in [-0.2, 0) is 0 Å². The number of methoxy groups -OCH3 is 1. The van der Waals surface area contributed by atoms with Gasteiger partial charge in [0.05, 0.1) is 24.6 Å². The first kappa shape index (κ1) is 18.8. The Kier molecular flexibility index (Phi) is 5.61. The number of amides is 1. The highest BCUT2D eigenvalue weighted by molar-refractivity contribution is 6.06. The van der Waals surface area contributed by atoms with Gasteiger partial charge in [-0.25, -0.2) is 4.98 Å². The average molecular weight is 388 g/mol. The van der Waals surface area contributed by atoms with E-state index in [1.165, 1.54) is 5.69 Å². The van der Waals surface area contributed by atoms with E-state index in [1.54, 1.807) is 25.4 Å². The molecule has 1 N–H and O–H groups in total. The summed E-state index contributed by atoms with van der Waals surface area (Å²) in [7, 11) is 1.56. The molecule has 4 rings (SSSR count). The highest BCUT2D eigenvalue weighted by Gasteiger charge is 2.18. The Balaban J connectivity index is 1.37. The number of aromatic nitrogens is 1. The molecule has 1 aliphatic heterocycles. The highest BCUT2D eigenvalue weighted by Crippen LogP contribution is 2.22. The van der Waals surface area contributed by atoms with Crippen molar-refractivity contribution in [3.8, 4) is 5.75 Å². The normalized spacial score (nSPS) is 13.8. The number of pyridine rings is 1. The molecule has 1 aliphatic rings. The summed E-state index contributed by atoms with van der Waals surface area (Å²) in [5, 5.41) is 2.88. The molecule has 29 heavy (non-hydrogen) atoms. The lowest BCUT2D eigenvalue weighted by Gasteiger charge is -2.36. The number of carbonyl (C=O) groups is 1. The third kappa shape index (κ3) is 4.32. The van der Waals surface area contributed by atoms with Crippen molar-refractivity contribution in [2.24, 2.45) is 0 Å². The largest absolute Gasteiger partial charge is 0.496 e. The molecule has 1 amide bonds. The fourth-order valence-electron chi connectivity index (χ4n) is 3.51. The molecule has 2 aromatic carbocycles. The predicted octanol–water partition coefficient (Wildman–Crippen LogP) is 3.67. The number of nitrogens with one attached hydrogen (secondary N) is 1. The van der Waals surface area contributed by atoms with Crippen molar-refractivity contribution < 1.29 is 9.53 Å². The number of nitrogens with zero attached hydrogens (tertiary/aromatic N) is 3. The summed E-state index contributed by atoms with van der Waals surface area (Å²) in [6.45, 7) is 3.74. The second-order valence-electron chi connectivity index (χ2n) is 6.87. The summed E-state index contributed by atoms with van der Waals surface area (Å²) in [4.78, 5) is 21.7. The minimum atomic E-state index is -0.214. The van der Waals surface area contributed by atoms with Crippen LogP contribution in [0.4, 0.5) is 17.2 Å². The Morgan fingerprint density at radius 2 is 1.59 bits per heavy atom. The van der Waals surface area contributed by atoms with Gasteiger partial charge >= 0.3 is 0 Å². The number of hydrogen-bond acceptors (Lipinski definition) is 5. The van der Waals surface area contributed by atoms with Gasteiger partial charge in [-0.05, 0) is 36.4 Å². The zero-order valence-electron chi connectivity index (χ0n) is 16.4. The van der Waals surface area contributed by atoms with Crippen molar-refractivity contribution in [1.82, 2.24) is 4.98 Å². The zero-order valence-corrected chi connectivity index (χ0v) is 16.4. The lowest BCUT2D eigenvalue weighted by Crippen LogP contribution is -2.46. The monoisotopic (exact) mass is 388 g/mol. The van der Waals surface area contributed by atoms with Crippen LogP contribution in [0.3, 0.4) is 0 Å². The number of para-hydroxylation sites is 2. The fraction of sp³-hybridized carbons (Fsp3) is 0.217. The average Bonchev–Trinajstić information content (AvgIpc) is 2.80. The minimum absolute atomic E-state index is 0.214. The summed E-state index contributed by atoms with van der Waals surface area (Å²) in [5.41, 5.74) is 2.41. The molecule has 3 aromatic rings. The van der Waals surface area contributed by atoms with Crippen LogP contribution in [0.15, 0.2) is 72.9 Å². The number of ether oxygens (including phenoxy) is 1. The van der Waals surface area contributed by atoms with E-state index in [2.05, 4.69) is 44.4 Å². The summed E-state index contributed by atoms with van der Waals surface area (Å²) >= 11 is 0. The van der Waals surface area contributed by atoms with Gasteiger partial charge in [0.1, 0.15) is 11.6 Å². The topological polar surface area (TPSA) is 57.7 Å². The van der Waals surface area contributed by atoms with Crippen molar-refractivity contribution in [1.29, 1.82) is 0 Å². The molecule has 1 aromatic heterocycles. The van der Waals surface area contributed by atoms with Gasteiger partial charge in [0.2, 0.25) is 0 Å². The van der Waals surface area contributed by atoms with Crippen LogP contribution in [0.1, 0.15) is 10.4 Å². The molecule has 148 valence electrons. The maximum Gasteiger partial charge on any atom is 0.259 e. The Morgan fingerprint density at radius 3 is 2.28 bits per heavy atom. The van der Waals surface area contributed by atoms with Gasteiger partial charge in [-0.3, -0.25) is 4.79 Å². The van der Waals surface area contributed by atoms with Gasteiger partial charge in [-0.15, -0.1) is 0 Å². The Morgan fingerprint density at radius 1 is 0.897 bits per heavy atom. The van der Waals surface area contributed by atoms with E-state index < -0.39 is 0 Å². The van der Waals surface area contributed by atoms with E-state index in [0.717, 1.165) is 32.0 Å².